The first-order chi connectivity index (χ1) is 13.1. The maximum Gasteiger partial charge on any atom is 0.257 e. The van der Waals surface area contributed by atoms with E-state index < -0.39 is 0 Å². The van der Waals surface area contributed by atoms with Crippen molar-refractivity contribution in [1.29, 1.82) is 0 Å². The lowest BCUT2D eigenvalue weighted by atomic mass is 10.1. The third kappa shape index (κ3) is 4.71. The van der Waals surface area contributed by atoms with E-state index in [4.69, 9.17) is 14.2 Å². The van der Waals surface area contributed by atoms with Gasteiger partial charge in [-0.2, -0.15) is 0 Å². The number of benzene rings is 1. The van der Waals surface area contributed by atoms with Crippen LogP contribution in [-0.2, 0) is 9.53 Å². The minimum absolute atomic E-state index is 0.0824. The first-order valence-electron chi connectivity index (χ1n) is 9.53. The van der Waals surface area contributed by atoms with E-state index in [-0.39, 0.29) is 17.9 Å². The maximum absolute atomic E-state index is 12.8. The van der Waals surface area contributed by atoms with E-state index in [1.807, 2.05) is 4.90 Å². The number of methoxy groups -OCH3 is 2. The van der Waals surface area contributed by atoms with E-state index in [1.165, 1.54) is 7.11 Å². The summed E-state index contributed by atoms with van der Waals surface area (Å²) >= 11 is 0. The third-order valence-electron chi connectivity index (χ3n) is 5.26. The molecule has 1 aromatic carbocycles. The molecule has 0 aromatic heterocycles. The molecule has 148 valence electrons. The first kappa shape index (κ1) is 19.5. The quantitative estimate of drug-likeness (QED) is 0.759. The molecule has 2 heterocycles. The molecule has 0 aliphatic carbocycles. The van der Waals surface area contributed by atoms with Crippen molar-refractivity contribution in [3.63, 3.8) is 0 Å². The zero-order chi connectivity index (χ0) is 19.2. The van der Waals surface area contributed by atoms with Crippen molar-refractivity contribution < 1.29 is 23.8 Å². The van der Waals surface area contributed by atoms with Gasteiger partial charge in [0, 0.05) is 45.3 Å². The molecule has 2 amide bonds. The second-order valence-corrected chi connectivity index (χ2v) is 6.91. The van der Waals surface area contributed by atoms with Gasteiger partial charge in [0.15, 0.2) is 0 Å². The van der Waals surface area contributed by atoms with Gasteiger partial charge >= 0.3 is 0 Å². The van der Waals surface area contributed by atoms with Crippen molar-refractivity contribution in [1.82, 2.24) is 9.80 Å². The van der Waals surface area contributed by atoms with Gasteiger partial charge in [0.05, 0.1) is 25.9 Å². The Morgan fingerprint density at radius 3 is 2.48 bits per heavy atom. The largest absolute Gasteiger partial charge is 0.497 e. The fourth-order valence-electron chi connectivity index (χ4n) is 3.62. The molecule has 2 saturated heterocycles. The maximum atomic E-state index is 12.8. The highest BCUT2D eigenvalue weighted by molar-refractivity contribution is 5.97. The van der Waals surface area contributed by atoms with Crippen LogP contribution in [0.15, 0.2) is 18.2 Å². The summed E-state index contributed by atoms with van der Waals surface area (Å²) in [7, 11) is 3.11. The average Bonchev–Trinajstić information content (AvgIpc) is 3.24. The van der Waals surface area contributed by atoms with Crippen molar-refractivity contribution in [2.75, 3.05) is 47.0 Å². The van der Waals surface area contributed by atoms with Crippen LogP contribution in [0.2, 0.25) is 0 Å². The van der Waals surface area contributed by atoms with Crippen LogP contribution in [-0.4, -0.2) is 74.7 Å². The Morgan fingerprint density at radius 1 is 1.11 bits per heavy atom. The van der Waals surface area contributed by atoms with Gasteiger partial charge in [0.1, 0.15) is 11.5 Å². The average molecular weight is 376 g/mol. The van der Waals surface area contributed by atoms with Crippen molar-refractivity contribution in [2.45, 2.75) is 31.8 Å². The van der Waals surface area contributed by atoms with Crippen molar-refractivity contribution in [3.8, 4) is 11.5 Å². The molecule has 0 spiro atoms. The standard InChI is InChI=1S/C20H28N2O5/c1-25-16-5-7-17(18(14-16)26-2)20(24)22-11-9-21(10-12-22)19(23)8-6-15-4-3-13-27-15/h5,7,14-15H,3-4,6,8-13H2,1-2H3/t15-/m1/s1. The highest BCUT2D eigenvalue weighted by atomic mass is 16.5. The molecule has 2 aliphatic heterocycles. The second kappa shape index (κ2) is 9.08. The summed E-state index contributed by atoms with van der Waals surface area (Å²) in [5.41, 5.74) is 0.511. The normalized spacial score (nSPS) is 19.9. The topological polar surface area (TPSA) is 68.3 Å². The van der Waals surface area contributed by atoms with Crippen molar-refractivity contribution in [3.05, 3.63) is 23.8 Å². The Morgan fingerprint density at radius 2 is 1.85 bits per heavy atom. The molecule has 3 rings (SSSR count). The molecular formula is C20H28N2O5. The van der Waals surface area contributed by atoms with Crippen LogP contribution in [0.3, 0.4) is 0 Å². The SMILES string of the molecule is COc1ccc(C(=O)N2CCN(C(=O)CC[C@H]3CCCO3)CC2)c(OC)c1. The molecule has 0 saturated carbocycles. The summed E-state index contributed by atoms with van der Waals surface area (Å²) in [6, 6.07) is 5.18. The summed E-state index contributed by atoms with van der Waals surface area (Å²) in [6.45, 7) is 3.00. The van der Waals surface area contributed by atoms with E-state index in [0.29, 0.717) is 49.7 Å². The van der Waals surface area contributed by atoms with Crippen LogP contribution in [0.4, 0.5) is 0 Å². The fraction of sp³-hybridized carbons (Fsp3) is 0.600. The van der Waals surface area contributed by atoms with Gasteiger partial charge in [0.25, 0.3) is 5.91 Å². The number of carbonyl (C=O) groups excluding carboxylic acids is 2. The molecule has 1 aromatic rings. The Bertz CT molecular complexity index is 664. The summed E-state index contributed by atoms with van der Waals surface area (Å²) in [6.07, 6.45) is 3.69. The molecule has 7 nitrogen and oxygen atoms in total. The second-order valence-electron chi connectivity index (χ2n) is 6.91. The zero-order valence-corrected chi connectivity index (χ0v) is 16.1. The predicted molar refractivity (Wildman–Crippen MR) is 100 cm³/mol. The number of amides is 2. The van der Waals surface area contributed by atoms with Crippen molar-refractivity contribution >= 4 is 11.8 Å². The van der Waals surface area contributed by atoms with Crippen LogP contribution < -0.4 is 9.47 Å². The molecule has 0 N–H and O–H groups in total. The molecular weight excluding hydrogens is 348 g/mol. The summed E-state index contributed by atoms with van der Waals surface area (Å²) in [5.74, 6) is 1.21. The Labute approximate surface area is 160 Å². The molecule has 0 unspecified atom stereocenters. The molecule has 0 bridgehead atoms. The minimum atomic E-state index is -0.0824. The number of hydrogen-bond acceptors (Lipinski definition) is 5. The van der Waals surface area contributed by atoms with E-state index in [1.54, 1.807) is 30.2 Å². The Hall–Kier alpha value is -2.28. The van der Waals surface area contributed by atoms with Gasteiger partial charge in [-0.3, -0.25) is 9.59 Å². The van der Waals surface area contributed by atoms with Crippen LogP contribution in [0.5, 0.6) is 11.5 Å². The lowest BCUT2D eigenvalue weighted by molar-refractivity contribution is -0.133. The van der Waals surface area contributed by atoms with Gasteiger partial charge in [-0.25, -0.2) is 0 Å². The predicted octanol–water partition coefficient (Wildman–Crippen LogP) is 1.95. The number of nitrogens with zero attached hydrogens (tertiary/aromatic N) is 2. The zero-order valence-electron chi connectivity index (χ0n) is 16.1. The smallest absolute Gasteiger partial charge is 0.257 e. The van der Waals surface area contributed by atoms with Crippen LogP contribution in [0, 0.1) is 0 Å². The van der Waals surface area contributed by atoms with Crippen LogP contribution in [0.25, 0.3) is 0 Å². The third-order valence-corrected chi connectivity index (χ3v) is 5.26. The molecule has 27 heavy (non-hydrogen) atoms. The number of rotatable bonds is 6. The Kier molecular flexibility index (Phi) is 6.55. The van der Waals surface area contributed by atoms with Gasteiger partial charge in [0.2, 0.25) is 5.91 Å². The number of carbonyl (C=O) groups is 2. The highest BCUT2D eigenvalue weighted by Crippen LogP contribution is 2.26. The molecule has 0 radical (unpaired) electrons. The number of hydrogen-bond donors (Lipinski definition) is 0. The fourth-order valence-corrected chi connectivity index (χ4v) is 3.62. The Balaban J connectivity index is 1.52. The summed E-state index contributed by atoms with van der Waals surface area (Å²) in [4.78, 5) is 28.9. The first-order valence-corrected chi connectivity index (χ1v) is 9.53. The van der Waals surface area contributed by atoms with E-state index in [9.17, 15) is 9.59 Å². The number of ether oxygens (including phenoxy) is 3. The summed E-state index contributed by atoms with van der Waals surface area (Å²) < 4.78 is 16.1. The van der Waals surface area contributed by atoms with Gasteiger partial charge in [-0.05, 0) is 31.4 Å². The summed E-state index contributed by atoms with van der Waals surface area (Å²) in [5, 5.41) is 0. The molecule has 2 fully saturated rings. The van der Waals surface area contributed by atoms with Gasteiger partial charge in [-0.1, -0.05) is 0 Å². The van der Waals surface area contributed by atoms with Gasteiger partial charge in [-0.15, -0.1) is 0 Å². The van der Waals surface area contributed by atoms with E-state index in [2.05, 4.69) is 0 Å². The van der Waals surface area contributed by atoms with Crippen LogP contribution in [0.1, 0.15) is 36.0 Å². The lowest BCUT2D eigenvalue weighted by Crippen LogP contribution is -2.50. The lowest BCUT2D eigenvalue weighted by Gasteiger charge is -2.35. The van der Waals surface area contributed by atoms with Gasteiger partial charge < -0.3 is 24.0 Å². The molecule has 2 aliphatic rings. The number of piperazine rings is 1. The van der Waals surface area contributed by atoms with E-state index in [0.717, 1.165) is 25.9 Å². The molecule has 1 atom stereocenters. The monoisotopic (exact) mass is 376 g/mol. The van der Waals surface area contributed by atoms with Crippen LogP contribution >= 0.6 is 0 Å². The minimum Gasteiger partial charge on any atom is -0.497 e. The van der Waals surface area contributed by atoms with E-state index >= 15 is 0 Å². The highest BCUT2D eigenvalue weighted by Gasteiger charge is 2.27. The van der Waals surface area contributed by atoms with Crippen molar-refractivity contribution in [2.24, 2.45) is 0 Å². The molecule has 7 heteroatoms.